The fraction of sp³-hybridized carbons (Fsp3) is 0.833. The highest BCUT2D eigenvalue weighted by molar-refractivity contribution is 6.06. The van der Waals surface area contributed by atoms with Crippen molar-refractivity contribution in [1.82, 2.24) is 10.6 Å². The van der Waals surface area contributed by atoms with Gasteiger partial charge in [0.05, 0.1) is 6.61 Å². The molecule has 0 saturated carbocycles. The van der Waals surface area contributed by atoms with Gasteiger partial charge >= 0.3 is 0 Å². The molecule has 0 aromatic carbocycles. The van der Waals surface area contributed by atoms with Gasteiger partial charge in [-0.2, -0.15) is 0 Å². The Hall–Kier alpha value is -1.10. The lowest BCUT2D eigenvalue weighted by Gasteiger charge is -2.25. The zero-order valence-corrected chi connectivity index (χ0v) is 10.5. The maximum Gasteiger partial charge on any atom is 0.249 e. The third-order valence-electron chi connectivity index (χ3n) is 3.10. The van der Waals surface area contributed by atoms with Crippen LogP contribution in [-0.2, 0) is 9.53 Å². The first-order chi connectivity index (χ1) is 8.16. The number of nitrogens with zero attached hydrogens (tertiary/aromatic N) is 1. The van der Waals surface area contributed by atoms with E-state index in [-0.39, 0.29) is 17.9 Å². The van der Waals surface area contributed by atoms with Crippen LogP contribution in [0.2, 0.25) is 0 Å². The van der Waals surface area contributed by atoms with Crippen LogP contribution in [0, 0.1) is 11.8 Å². The summed E-state index contributed by atoms with van der Waals surface area (Å²) in [6.45, 7) is 6.43. The van der Waals surface area contributed by atoms with Crippen LogP contribution >= 0.6 is 0 Å². The molecule has 17 heavy (non-hydrogen) atoms. The fourth-order valence-electron chi connectivity index (χ4n) is 2.16. The van der Waals surface area contributed by atoms with E-state index in [0.717, 1.165) is 26.0 Å². The highest BCUT2D eigenvalue weighted by Gasteiger charge is 2.35. The van der Waals surface area contributed by atoms with Gasteiger partial charge in [0.2, 0.25) is 5.91 Å². The second kappa shape index (κ2) is 5.49. The van der Waals surface area contributed by atoms with Crippen molar-refractivity contribution in [3.8, 4) is 0 Å². The van der Waals surface area contributed by atoms with E-state index < -0.39 is 0 Å². The summed E-state index contributed by atoms with van der Waals surface area (Å²) in [6.07, 6.45) is 2.08. The monoisotopic (exact) mass is 239 g/mol. The van der Waals surface area contributed by atoms with E-state index in [2.05, 4.69) is 29.5 Å². The van der Waals surface area contributed by atoms with Gasteiger partial charge in [-0.15, -0.1) is 0 Å². The van der Waals surface area contributed by atoms with Gasteiger partial charge in [-0.25, -0.2) is 0 Å². The van der Waals surface area contributed by atoms with Gasteiger partial charge in [-0.1, -0.05) is 13.8 Å². The molecule has 0 aromatic heterocycles. The van der Waals surface area contributed by atoms with Gasteiger partial charge in [-0.3, -0.25) is 15.1 Å². The number of hydrogen-bond donors (Lipinski definition) is 2. The second-order valence-corrected chi connectivity index (χ2v) is 5.17. The fourth-order valence-corrected chi connectivity index (χ4v) is 2.16. The molecule has 2 rings (SSSR count). The lowest BCUT2D eigenvalue weighted by molar-refractivity contribution is -0.122. The minimum Gasteiger partial charge on any atom is -0.381 e. The minimum absolute atomic E-state index is 0.0306. The first-order valence-electron chi connectivity index (χ1n) is 6.36. The van der Waals surface area contributed by atoms with E-state index >= 15 is 0 Å². The van der Waals surface area contributed by atoms with Gasteiger partial charge in [0.1, 0.15) is 6.04 Å². The average Bonchev–Trinajstić information content (AvgIpc) is 2.69. The molecule has 2 saturated heterocycles. The zero-order chi connectivity index (χ0) is 12.3. The number of aliphatic imine (C=N–C) groups is 1. The number of amides is 1. The quantitative estimate of drug-likeness (QED) is 0.754. The van der Waals surface area contributed by atoms with Crippen LogP contribution in [-0.4, -0.2) is 37.7 Å². The molecule has 2 unspecified atom stereocenters. The second-order valence-electron chi connectivity index (χ2n) is 5.17. The maximum atomic E-state index is 11.8. The van der Waals surface area contributed by atoms with Gasteiger partial charge in [0.25, 0.3) is 0 Å². The molecule has 5 heteroatoms. The van der Waals surface area contributed by atoms with E-state index in [1.54, 1.807) is 0 Å². The van der Waals surface area contributed by atoms with Crippen molar-refractivity contribution in [3.05, 3.63) is 0 Å². The van der Waals surface area contributed by atoms with E-state index in [0.29, 0.717) is 18.5 Å². The number of nitrogens with one attached hydrogen (secondary N) is 2. The smallest absolute Gasteiger partial charge is 0.249 e. The maximum absolute atomic E-state index is 11.8. The van der Waals surface area contributed by atoms with Crippen molar-refractivity contribution in [2.45, 2.75) is 32.7 Å². The number of hydrogen-bond acceptors (Lipinski definition) is 3. The molecule has 0 spiro atoms. The molecule has 2 N–H and O–H groups in total. The molecule has 96 valence electrons. The van der Waals surface area contributed by atoms with Crippen LogP contribution in [0.1, 0.15) is 26.7 Å². The number of carbonyl (C=O) groups is 1. The Labute approximate surface area is 102 Å². The topological polar surface area (TPSA) is 62.7 Å². The molecular weight excluding hydrogens is 218 g/mol. The first-order valence-corrected chi connectivity index (χ1v) is 6.36. The summed E-state index contributed by atoms with van der Waals surface area (Å²) in [5, 5.41) is 5.98. The Morgan fingerprint density at radius 1 is 1.53 bits per heavy atom. The molecule has 2 heterocycles. The Kier molecular flexibility index (Phi) is 3.99. The van der Waals surface area contributed by atoms with Crippen molar-refractivity contribution in [2.24, 2.45) is 16.8 Å². The first kappa shape index (κ1) is 12.4. The highest BCUT2D eigenvalue weighted by atomic mass is 16.5. The molecular formula is C12H21N3O2. The van der Waals surface area contributed by atoms with Gasteiger partial charge in [-0.05, 0) is 18.8 Å². The molecule has 0 radical (unpaired) electrons. The predicted molar refractivity (Wildman–Crippen MR) is 65.7 cm³/mol. The molecule has 0 aliphatic carbocycles. The Bertz CT molecular complexity index is 309. The van der Waals surface area contributed by atoms with Crippen molar-refractivity contribution < 1.29 is 9.53 Å². The Morgan fingerprint density at radius 3 is 3.00 bits per heavy atom. The van der Waals surface area contributed by atoms with Crippen LogP contribution in [0.4, 0.5) is 0 Å². The van der Waals surface area contributed by atoms with Crippen molar-refractivity contribution in [2.75, 3.05) is 19.8 Å². The molecule has 2 aliphatic heterocycles. The SMILES string of the molecule is CC(C)CN=C1NC(=O)C(C2CCCOC2)N1. The van der Waals surface area contributed by atoms with E-state index in [9.17, 15) is 4.79 Å². The lowest BCUT2D eigenvalue weighted by atomic mass is 9.94. The van der Waals surface area contributed by atoms with Crippen LogP contribution in [0.3, 0.4) is 0 Å². The summed E-state index contributed by atoms with van der Waals surface area (Å²) in [4.78, 5) is 16.2. The van der Waals surface area contributed by atoms with Crippen molar-refractivity contribution >= 4 is 11.9 Å². The van der Waals surface area contributed by atoms with Gasteiger partial charge in [0.15, 0.2) is 5.96 Å². The standard InChI is InChI=1S/C12H21N3O2/c1-8(2)6-13-12-14-10(11(16)15-12)9-4-3-5-17-7-9/h8-10H,3-7H2,1-2H3,(H2,13,14,15,16). The van der Waals surface area contributed by atoms with E-state index in [1.165, 1.54) is 0 Å². The average molecular weight is 239 g/mol. The van der Waals surface area contributed by atoms with E-state index in [4.69, 9.17) is 4.74 Å². The Balaban J connectivity index is 1.92. The molecule has 5 nitrogen and oxygen atoms in total. The third kappa shape index (κ3) is 3.19. The summed E-state index contributed by atoms with van der Waals surface area (Å²) in [5.41, 5.74) is 0. The minimum atomic E-state index is -0.166. The molecule has 2 fully saturated rings. The summed E-state index contributed by atoms with van der Waals surface area (Å²) >= 11 is 0. The largest absolute Gasteiger partial charge is 0.381 e. The zero-order valence-electron chi connectivity index (χ0n) is 10.5. The molecule has 0 bridgehead atoms. The summed E-state index contributed by atoms with van der Waals surface area (Å²) in [7, 11) is 0. The highest BCUT2D eigenvalue weighted by Crippen LogP contribution is 2.19. The summed E-state index contributed by atoms with van der Waals surface area (Å²) in [6, 6.07) is -0.166. The number of rotatable bonds is 3. The number of carbonyl (C=O) groups excluding carboxylic acids is 1. The van der Waals surface area contributed by atoms with Crippen LogP contribution in [0.25, 0.3) is 0 Å². The van der Waals surface area contributed by atoms with Crippen LogP contribution in [0.5, 0.6) is 0 Å². The Morgan fingerprint density at radius 2 is 2.35 bits per heavy atom. The van der Waals surface area contributed by atoms with Crippen LogP contribution in [0.15, 0.2) is 4.99 Å². The van der Waals surface area contributed by atoms with Crippen molar-refractivity contribution in [3.63, 3.8) is 0 Å². The van der Waals surface area contributed by atoms with Gasteiger partial charge in [0, 0.05) is 19.1 Å². The summed E-state index contributed by atoms with van der Waals surface area (Å²) < 4.78 is 5.42. The van der Waals surface area contributed by atoms with Crippen molar-refractivity contribution in [1.29, 1.82) is 0 Å². The normalized spacial score (nSPS) is 31.7. The van der Waals surface area contributed by atoms with E-state index in [1.807, 2.05) is 0 Å². The molecule has 2 atom stereocenters. The van der Waals surface area contributed by atoms with Crippen LogP contribution < -0.4 is 10.6 Å². The predicted octanol–water partition coefficient (Wildman–Crippen LogP) is 0.513. The molecule has 1 amide bonds. The van der Waals surface area contributed by atoms with Gasteiger partial charge < -0.3 is 10.1 Å². The number of guanidine groups is 1. The number of ether oxygens (including phenoxy) is 1. The third-order valence-corrected chi connectivity index (χ3v) is 3.10. The lowest BCUT2D eigenvalue weighted by Crippen LogP contribution is -2.41. The summed E-state index contributed by atoms with van der Waals surface area (Å²) in [5.74, 6) is 1.43. The molecule has 0 aromatic rings. The molecule has 2 aliphatic rings.